The average molecular weight is 405 g/mol. The van der Waals surface area contributed by atoms with Crippen LogP contribution in [0.4, 0.5) is 23.7 Å². The summed E-state index contributed by atoms with van der Waals surface area (Å²) in [6.07, 6.45) is -4.48. The Balaban J connectivity index is 1.55. The second kappa shape index (κ2) is 8.21. The third-order valence-corrected chi connectivity index (χ3v) is 4.02. The maximum atomic E-state index is 12.2. The van der Waals surface area contributed by atoms with Gasteiger partial charge in [-0.05, 0) is 43.3 Å². The van der Waals surface area contributed by atoms with Gasteiger partial charge in [-0.2, -0.15) is 13.2 Å². The maximum Gasteiger partial charge on any atom is 0.405 e. The zero-order chi connectivity index (χ0) is 21.0. The maximum absolute atomic E-state index is 12.2. The zero-order valence-electron chi connectivity index (χ0n) is 15.3. The number of hydrogen-bond acceptors (Lipinski definition) is 3. The molecule has 10 heteroatoms. The van der Waals surface area contributed by atoms with Crippen molar-refractivity contribution in [3.63, 3.8) is 0 Å². The highest BCUT2D eigenvalue weighted by molar-refractivity contribution is 5.95. The summed E-state index contributed by atoms with van der Waals surface area (Å²) in [5.41, 5.74) is 2.08. The van der Waals surface area contributed by atoms with Crippen molar-refractivity contribution in [2.45, 2.75) is 19.1 Å². The number of alkyl halides is 3. The number of amides is 3. The number of nitrogens with one attached hydrogen (secondary N) is 4. The van der Waals surface area contributed by atoms with Crippen LogP contribution in [0.5, 0.6) is 0 Å². The van der Waals surface area contributed by atoms with Crippen molar-refractivity contribution in [1.82, 2.24) is 20.6 Å². The van der Waals surface area contributed by atoms with Gasteiger partial charge in [-0.3, -0.25) is 4.79 Å². The van der Waals surface area contributed by atoms with E-state index in [0.717, 1.165) is 11.0 Å². The fraction of sp³-hybridized carbons (Fsp3) is 0.211. The smallest absolute Gasteiger partial charge is 0.343 e. The molecule has 3 aromatic rings. The largest absolute Gasteiger partial charge is 0.405 e. The fourth-order valence-corrected chi connectivity index (χ4v) is 2.60. The van der Waals surface area contributed by atoms with Gasteiger partial charge in [-0.1, -0.05) is 12.1 Å². The van der Waals surface area contributed by atoms with Crippen molar-refractivity contribution < 1.29 is 22.8 Å². The number of urea groups is 1. The molecule has 1 atom stereocenters. The highest BCUT2D eigenvalue weighted by Gasteiger charge is 2.27. The van der Waals surface area contributed by atoms with Gasteiger partial charge >= 0.3 is 12.2 Å². The Morgan fingerprint density at radius 1 is 1.10 bits per heavy atom. The van der Waals surface area contributed by atoms with Crippen LogP contribution in [-0.2, 0) is 0 Å². The first kappa shape index (κ1) is 20.2. The number of hydrogen-bond donors (Lipinski definition) is 4. The second-order valence-electron chi connectivity index (χ2n) is 6.33. The van der Waals surface area contributed by atoms with E-state index in [2.05, 4.69) is 20.6 Å². The number of H-pyrrole nitrogens is 1. The molecule has 0 aliphatic rings. The van der Waals surface area contributed by atoms with Gasteiger partial charge in [-0.15, -0.1) is 0 Å². The Hall–Kier alpha value is -3.56. The summed E-state index contributed by atoms with van der Waals surface area (Å²) in [7, 11) is 0. The third-order valence-electron chi connectivity index (χ3n) is 4.02. The highest BCUT2D eigenvalue weighted by Crippen LogP contribution is 2.16. The Morgan fingerprint density at radius 2 is 1.79 bits per heavy atom. The van der Waals surface area contributed by atoms with Gasteiger partial charge < -0.3 is 20.9 Å². The number of benzene rings is 2. The first-order valence-electron chi connectivity index (χ1n) is 8.68. The highest BCUT2D eigenvalue weighted by atomic mass is 19.4. The lowest BCUT2D eigenvalue weighted by Gasteiger charge is -2.13. The van der Waals surface area contributed by atoms with Gasteiger partial charge in [0, 0.05) is 11.3 Å². The first-order valence-corrected chi connectivity index (χ1v) is 8.68. The predicted octanol–water partition coefficient (Wildman–Crippen LogP) is 3.74. The van der Waals surface area contributed by atoms with E-state index in [0.29, 0.717) is 11.5 Å². The number of fused-ring (bicyclic) bond motifs is 1. The van der Waals surface area contributed by atoms with Crippen LogP contribution in [0.15, 0.2) is 48.5 Å². The number of rotatable bonds is 5. The number of aromatic amines is 1. The lowest BCUT2D eigenvalue weighted by molar-refractivity contribution is -0.123. The Labute approximate surface area is 163 Å². The van der Waals surface area contributed by atoms with Gasteiger partial charge in [0.15, 0.2) is 0 Å². The topological polar surface area (TPSA) is 98.9 Å². The van der Waals surface area contributed by atoms with Gasteiger partial charge in [0.05, 0.1) is 17.1 Å². The molecule has 1 unspecified atom stereocenters. The molecule has 2 aromatic carbocycles. The SMILES string of the molecule is CC(NC(=O)Nc1ccc(C(=O)NCC(F)(F)F)cc1)c1nc2ccccc2[nH]1. The van der Waals surface area contributed by atoms with E-state index >= 15 is 0 Å². The van der Waals surface area contributed by atoms with Crippen molar-refractivity contribution in [3.8, 4) is 0 Å². The van der Waals surface area contributed by atoms with E-state index in [1.807, 2.05) is 24.3 Å². The molecule has 3 amide bonds. The number of aromatic nitrogens is 2. The number of anilines is 1. The van der Waals surface area contributed by atoms with Crippen molar-refractivity contribution >= 4 is 28.7 Å². The van der Waals surface area contributed by atoms with Crippen molar-refractivity contribution in [2.24, 2.45) is 0 Å². The summed E-state index contributed by atoms with van der Waals surface area (Å²) in [6, 6.07) is 12.1. The molecule has 0 aliphatic carbocycles. The summed E-state index contributed by atoms with van der Waals surface area (Å²) < 4.78 is 36.5. The summed E-state index contributed by atoms with van der Waals surface area (Å²) in [5.74, 6) is -0.255. The molecule has 4 N–H and O–H groups in total. The number of halogens is 3. The molecule has 3 rings (SSSR count). The summed E-state index contributed by atoms with van der Waals surface area (Å²) in [5, 5.41) is 7.11. The van der Waals surface area contributed by atoms with E-state index in [-0.39, 0.29) is 5.56 Å². The third kappa shape index (κ3) is 5.47. The first-order chi connectivity index (χ1) is 13.7. The van der Waals surface area contributed by atoms with Crippen LogP contribution < -0.4 is 16.0 Å². The number of para-hydroxylation sites is 2. The molecule has 0 spiro atoms. The van der Waals surface area contributed by atoms with E-state index in [9.17, 15) is 22.8 Å². The van der Waals surface area contributed by atoms with Crippen molar-refractivity contribution in [3.05, 3.63) is 59.9 Å². The lowest BCUT2D eigenvalue weighted by Crippen LogP contribution is -2.33. The Kier molecular flexibility index (Phi) is 5.71. The molecule has 0 fully saturated rings. The normalized spacial score (nSPS) is 12.4. The van der Waals surface area contributed by atoms with Crippen molar-refractivity contribution in [2.75, 3.05) is 11.9 Å². The van der Waals surface area contributed by atoms with Crippen LogP contribution in [0, 0.1) is 0 Å². The minimum atomic E-state index is -4.48. The van der Waals surface area contributed by atoms with Crippen LogP contribution in [0.3, 0.4) is 0 Å². The minimum absolute atomic E-state index is 0.0517. The molecule has 0 radical (unpaired) electrons. The van der Waals surface area contributed by atoms with Gasteiger partial charge in [0.25, 0.3) is 5.91 Å². The molecule has 1 aromatic heterocycles. The van der Waals surface area contributed by atoms with Crippen LogP contribution in [0.2, 0.25) is 0 Å². The van der Waals surface area contributed by atoms with Gasteiger partial charge in [-0.25, -0.2) is 9.78 Å². The molecule has 0 saturated heterocycles. The molecule has 152 valence electrons. The van der Waals surface area contributed by atoms with Gasteiger partial charge in [0.1, 0.15) is 12.4 Å². The van der Waals surface area contributed by atoms with E-state index in [4.69, 9.17) is 0 Å². The Bertz CT molecular complexity index is 982. The predicted molar refractivity (Wildman–Crippen MR) is 101 cm³/mol. The average Bonchev–Trinajstić information content (AvgIpc) is 3.10. The minimum Gasteiger partial charge on any atom is -0.343 e. The molecule has 1 heterocycles. The molecule has 7 nitrogen and oxygen atoms in total. The lowest BCUT2D eigenvalue weighted by atomic mass is 10.2. The van der Waals surface area contributed by atoms with Crippen molar-refractivity contribution in [1.29, 1.82) is 0 Å². The molecule has 0 aliphatic heterocycles. The molecular weight excluding hydrogens is 387 g/mol. The van der Waals surface area contributed by atoms with E-state index in [1.165, 1.54) is 24.3 Å². The monoisotopic (exact) mass is 405 g/mol. The van der Waals surface area contributed by atoms with Crippen LogP contribution in [0.1, 0.15) is 29.1 Å². The molecular formula is C19H18F3N5O2. The number of carbonyl (C=O) groups excluding carboxylic acids is 2. The quantitative estimate of drug-likeness (QED) is 0.520. The van der Waals surface area contributed by atoms with Crippen LogP contribution in [0.25, 0.3) is 11.0 Å². The fourth-order valence-electron chi connectivity index (χ4n) is 2.60. The molecule has 29 heavy (non-hydrogen) atoms. The Morgan fingerprint density at radius 3 is 2.45 bits per heavy atom. The van der Waals surface area contributed by atoms with E-state index < -0.39 is 30.7 Å². The van der Waals surface area contributed by atoms with Crippen LogP contribution in [-0.4, -0.2) is 34.6 Å². The van der Waals surface area contributed by atoms with Crippen LogP contribution >= 0.6 is 0 Å². The summed E-state index contributed by atoms with van der Waals surface area (Å²) in [4.78, 5) is 31.4. The summed E-state index contributed by atoms with van der Waals surface area (Å²) in [6.45, 7) is 0.360. The summed E-state index contributed by atoms with van der Waals surface area (Å²) >= 11 is 0. The number of nitrogens with zero attached hydrogens (tertiary/aromatic N) is 1. The van der Waals surface area contributed by atoms with E-state index in [1.54, 1.807) is 12.2 Å². The number of imidazole rings is 1. The second-order valence-corrected chi connectivity index (χ2v) is 6.33. The zero-order valence-corrected chi connectivity index (χ0v) is 15.3. The molecule has 0 saturated carbocycles. The number of carbonyl (C=O) groups is 2. The molecule has 0 bridgehead atoms. The standard InChI is InChI=1S/C19H18F3N5O2/c1-11(16-26-14-4-2-3-5-15(14)27-16)24-18(29)25-13-8-6-12(7-9-13)17(28)23-10-19(20,21)22/h2-9,11H,10H2,1H3,(H,23,28)(H,26,27)(H2,24,25,29). The van der Waals surface area contributed by atoms with Gasteiger partial charge in [0.2, 0.25) is 0 Å².